The molecule has 0 aliphatic heterocycles. The van der Waals surface area contributed by atoms with Crippen molar-refractivity contribution in [2.45, 2.75) is 19.3 Å². The van der Waals surface area contributed by atoms with Gasteiger partial charge in [0.25, 0.3) is 12.5 Å². The Hall–Kier alpha value is -2.98. The van der Waals surface area contributed by atoms with Gasteiger partial charge in [0.05, 0.1) is 0 Å². The summed E-state index contributed by atoms with van der Waals surface area (Å²) in [6.07, 6.45) is 13.6. The molecule has 0 fully saturated rings. The third-order valence-electron chi connectivity index (χ3n) is 3.07. The molecule has 0 N–H and O–H groups in total. The van der Waals surface area contributed by atoms with Crippen LogP contribution >= 0.6 is 0 Å². The van der Waals surface area contributed by atoms with Crippen LogP contribution in [0.4, 0.5) is 0 Å². The highest BCUT2D eigenvalue weighted by atomic mass is 16.5. The van der Waals surface area contributed by atoms with E-state index in [0.717, 1.165) is 24.8 Å². The van der Waals surface area contributed by atoms with Gasteiger partial charge in [0, 0.05) is 0 Å². The highest BCUT2D eigenvalue weighted by Gasteiger charge is 2.02. The molecule has 0 spiro atoms. The first-order chi connectivity index (χ1) is 10.3. The first-order valence-corrected chi connectivity index (χ1v) is 6.57. The van der Waals surface area contributed by atoms with Crippen LogP contribution in [-0.2, 0) is 11.2 Å². The predicted octanol–water partition coefficient (Wildman–Crippen LogP) is 3.75. The third-order valence-corrected chi connectivity index (χ3v) is 3.07. The summed E-state index contributed by atoms with van der Waals surface area (Å²) < 4.78 is 9.57. The standard InChI is InChI=1S/C17H14N2O2/c18-12-20-16-5-1-3-14(4-2-6-16)11-15-7-9-17(10-8-15)21-13-19/h1,4-10H,2-3,11H2/b5-1?,14-4+,16-6?. The van der Waals surface area contributed by atoms with Gasteiger partial charge in [-0.2, -0.15) is 0 Å². The summed E-state index contributed by atoms with van der Waals surface area (Å²) in [6.45, 7) is 0. The van der Waals surface area contributed by atoms with Gasteiger partial charge in [-0.25, -0.2) is 0 Å². The Labute approximate surface area is 123 Å². The average molecular weight is 278 g/mol. The highest BCUT2D eigenvalue weighted by molar-refractivity contribution is 5.32. The van der Waals surface area contributed by atoms with Crippen molar-refractivity contribution in [2.75, 3.05) is 0 Å². The summed E-state index contributed by atoms with van der Waals surface area (Å²) >= 11 is 0. The number of hydrogen-bond acceptors (Lipinski definition) is 4. The first-order valence-electron chi connectivity index (χ1n) is 6.57. The lowest BCUT2D eigenvalue weighted by molar-refractivity contribution is 0.391. The molecule has 0 radical (unpaired) electrons. The number of hydrogen-bond donors (Lipinski definition) is 0. The molecular formula is C17H14N2O2. The molecule has 0 amide bonds. The van der Waals surface area contributed by atoms with Crippen molar-refractivity contribution in [2.24, 2.45) is 0 Å². The zero-order valence-electron chi connectivity index (χ0n) is 11.5. The van der Waals surface area contributed by atoms with Gasteiger partial charge >= 0.3 is 0 Å². The minimum Gasteiger partial charge on any atom is -0.388 e. The molecule has 0 saturated carbocycles. The average Bonchev–Trinajstić information content (AvgIpc) is 2.46. The molecule has 0 unspecified atom stereocenters. The van der Waals surface area contributed by atoms with Gasteiger partial charge in [0.15, 0.2) is 0 Å². The summed E-state index contributed by atoms with van der Waals surface area (Å²) in [5.41, 5.74) is 2.46. The summed E-state index contributed by atoms with van der Waals surface area (Å²) in [5.74, 6) is 1.14. The quantitative estimate of drug-likeness (QED) is 0.621. The van der Waals surface area contributed by atoms with Gasteiger partial charge in [-0.15, -0.1) is 10.5 Å². The fourth-order valence-corrected chi connectivity index (χ4v) is 2.08. The second-order valence-corrected chi connectivity index (χ2v) is 4.52. The number of rotatable bonds is 4. The van der Waals surface area contributed by atoms with Crippen LogP contribution in [0.5, 0.6) is 5.75 Å². The Kier molecular flexibility index (Phi) is 5.20. The first kappa shape index (κ1) is 14.4. The molecule has 4 heteroatoms. The molecule has 21 heavy (non-hydrogen) atoms. The van der Waals surface area contributed by atoms with E-state index in [1.165, 1.54) is 5.57 Å². The van der Waals surface area contributed by atoms with Crippen LogP contribution in [0, 0.1) is 23.0 Å². The molecule has 104 valence electrons. The Bertz CT molecular complexity index is 656. The van der Waals surface area contributed by atoms with Crippen LogP contribution in [0.15, 0.2) is 59.9 Å². The van der Waals surface area contributed by atoms with Gasteiger partial charge in [0.1, 0.15) is 11.5 Å². The SMILES string of the molecule is N#COC1=CC/C=C(/Cc2ccc(OC#N)cc2)CC=C1. The van der Waals surface area contributed by atoms with E-state index in [1.54, 1.807) is 24.6 Å². The summed E-state index contributed by atoms with van der Waals surface area (Å²) in [5, 5.41) is 16.9. The minimum absolute atomic E-state index is 0.550. The van der Waals surface area contributed by atoms with Gasteiger partial charge in [-0.05, 0) is 49.1 Å². The van der Waals surface area contributed by atoms with Crippen LogP contribution in [-0.4, -0.2) is 0 Å². The Morgan fingerprint density at radius 2 is 1.76 bits per heavy atom. The van der Waals surface area contributed by atoms with E-state index in [-0.39, 0.29) is 0 Å². The zero-order valence-corrected chi connectivity index (χ0v) is 11.5. The Balaban J connectivity index is 2.00. The molecule has 0 atom stereocenters. The minimum atomic E-state index is 0.550. The van der Waals surface area contributed by atoms with Crippen LogP contribution in [0.25, 0.3) is 0 Å². The molecular weight excluding hydrogens is 264 g/mol. The van der Waals surface area contributed by atoms with E-state index in [9.17, 15) is 0 Å². The Morgan fingerprint density at radius 3 is 2.48 bits per heavy atom. The molecule has 1 aromatic rings. The van der Waals surface area contributed by atoms with Crippen LogP contribution in [0.2, 0.25) is 0 Å². The predicted molar refractivity (Wildman–Crippen MR) is 77.6 cm³/mol. The lowest BCUT2D eigenvalue weighted by Crippen LogP contribution is -1.93. The lowest BCUT2D eigenvalue weighted by Gasteiger charge is -2.08. The van der Waals surface area contributed by atoms with Crippen molar-refractivity contribution in [1.29, 1.82) is 10.5 Å². The maximum Gasteiger partial charge on any atom is 0.292 e. The number of benzene rings is 1. The molecule has 1 aliphatic carbocycles. The van der Waals surface area contributed by atoms with Crippen LogP contribution < -0.4 is 4.74 Å². The number of nitriles is 2. The van der Waals surface area contributed by atoms with Crippen molar-refractivity contribution >= 4 is 0 Å². The van der Waals surface area contributed by atoms with Gasteiger partial charge in [0.2, 0.25) is 0 Å². The fraction of sp³-hybridized carbons (Fsp3) is 0.176. The smallest absolute Gasteiger partial charge is 0.292 e. The van der Waals surface area contributed by atoms with Crippen LogP contribution in [0.3, 0.4) is 0 Å². The van der Waals surface area contributed by atoms with Crippen molar-refractivity contribution in [3.8, 4) is 18.3 Å². The number of ether oxygens (including phenoxy) is 2. The third kappa shape index (κ3) is 4.56. The lowest BCUT2D eigenvalue weighted by atomic mass is 10.00. The molecule has 0 saturated heterocycles. The van der Waals surface area contributed by atoms with Crippen molar-refractivity contribution in [3.63, 3.8) is 0 Å². The van der Waals surface area contributed by atoms with Crippen LogP contribution in [0.1, 0.15) is 18.4 Å². The molecule has 2 rings (SSSR count). The monoisotopic (exact) mass is 278 g/mol. The summed E-state index contributed by atoms with van der Waals surface area (Å²) in [7, 11) is 0. The number of nitrogens with zero attached hydrogens (tertiary/aromatic N) is 2. The second-order valence-electron chi connectivity index (χ2n) is 4.52. The molecule has 0 heterocycles. The van der Waals surface area contributed by atoms with E-state index >= 15 is 0 Å². The molecule has 1 aliphatic rings. The second kappa shape index (κ2) is 7.57. The van der Waals surface area contributed by atoms with Gasteiger partial charge in [-0.1, -0.05) is 29.9 Å². The maximum absolute atomic E-state index is 8.50. The molecule has 0 bridgehead atoms. The molecule has 1 aromatic carbocycles. The normalized spacial score (nSPS) is 16.3. The van der Waals surface area contributed by atoms with Crippen molar-refractivity contribution < 1.29 is 9.47 Å². The number of allylic oxidation sites excluding steroid dienone is 5. The topological polar surface area (TPSA) is 66.0 Å². The van der Waals surface area contributed by atoms with Crippen molar-refractivity contribution in [3.05, 3.63) is 65.5 Å². The van der Waals surface area contributed by atoms with E-state index in [0.29, 0.717) is 11.5 Å². The van der Waals surface area contributed by atoms with Gasteiger partial charge in [-0.3, -0.25) is 0 Å². The maximum atomic E-state index is 8.50. The zero-order chi connectivity index (χ0) is 14.9. The van der Waals surface area contributed by atoms with E-state index in [2.05, 4.69) is 6.08 Å². The molecule has 0 aromatic heterocycles. The largest absolute Gasteiger partial charge is 0.388 e. The van der Waals surface area contributed by atoms with E-state index < -0.39 is 0 Å². The molecule has 4 nitrogen and oxygen atoms in total. The van der Waals surface area contributed by atoms with Crippen molar-refractivity contribution in [1.82, 2.24) is 0 Å². The summed E-state index contributed by atoms with van der Waals surface area (Å²) in [6, 6.07) is 7.49. The highest BCUT2D eigenvalue weighted by Crippen LogP contribution is 2.19. The van der Waals surface area contributed by atoms with Gasteiger partial charge < -0.3 is 9.47 Å². The summed E-state index contributed by atoms with van der Waals surface area (Å²) in [4.78, 5) is 0. The van der Waals surface area contributed by atoms with E-state index in [4.69, 9.17) is 20.0 Å². The Morgan fingerprint density at radius 1 is 1.00 bits per heavy atom. The van der Waals surface area contributed by atoms with E-state index in [1.807, 2.05) is 30.4 Å². The fourth-order valence-electron chi connectivity index (χ4n) is 2.08.